The molecule has 5 nitrogen and oxygen atoms in total. The minimum absolute atomic E-state index is 1.16. The summed E-state index contributed by atoms with van der Waals surface area (Å²) in [6, 6.07) is 174. The predicted molar refractivity (Wildman–Crippen MR) is 531 cm³/mol. The Kier molecular flexibility index (Phi) is 17.5. The quantitative estimate of drug-likeness (QED) is 0.122. The van der Waals surface area contributed by atoms with Crippen molar-refractivity contribution in [1.82, 2.24) is 22.8 Å². The lowest BCUT2D eigenvalue weighted by Crippen LogP contribution is -1.94. The molecule has 0 bridgehead atoms. The van der Waals surface area contributed by atoms with Gasteiger partial charge >= 0.3 is 0 Å². The Balaban J connectivity index is 0.000000107. The van der Waals surface area contributed by atoms with Crippen molar-refractivity contribution >= 4 is 141 Å². The van der Waals surface area contributed by atoms with Crippen LogP contribution < -0.4 is 0 Å². The predicted octanol–water partition coefficient (Wildman–Crippen LogP) is 32.3. The van der Waals surface area contributed by atoms with E-state index in [2.05, 4.69) is 502 Å². The Labute approximate surface area is 722 Å². The van der Waals surface area contributed by atoms with Crippen molar-refractivity contribution in [3.05, 3.63) is 479 Å². The highest BCUT2D eigenvalue weighted by atomic mass is 15.0. The number of fused-ring (bicyclic) bond motifs is 21. The van der Waals surface area contributed by atoms with Gasteiger partial charge in [0.05, 0.1) is 55.2 Å². The molecule has 0 N–H and O–H groups in total. The molecule has 584 valence electrons. The minimum Gasteiger partial charge on any atom is -0.309 e. The Morgan fingerprint density at radius 3 is 0.616 bits per heavy atom. The first-order chi connectivity index (χ1) is 62.0. The molecular formula is C120H79N5. The summed E-state index contributed by atoms with van der Waals surface area (Å²) in [7, 11) is 0. The van der Waals surface area contributed by atoms with Gasteiger partial charge in [-0.2, -0.15) is 0 Å². The van der Waals surface area contributed by atoms with E-state index in [0.717, 1.165) is 11.4 Å². The van der Waals surface area contributed by atoms with Crippen LogP contribution in [-0.4, -0.2) is 22.8 Å². The Morgan fingerprint density at radius 1 is 0.0880 bits per heavy atom. The van der Waals surface area contributed by atoms with Gasteiger partial charge < -0.3 is 22.8 Å². The molecular weight excluding hydrogens is 1510 g/mol. The first-order valence-electron chi connectivity index (χ1n) is 43.0. The minimum atomic E-state index is 1.16. The van der Waals surface area contributed by atoms with Crippen LogP contribution >= 0.6 is 0 Å². The van der Waals surface area contributed by atoms with Crippen molar-refractivity contribution in [2.45, 2.75) is 0 Å². The van der Waals surface area contributed by atoms with Crippen molar-refractivity contribution < 1.29 is 0 Å². The van der Waals surface area contributed by atoms with Crippen LogP contribution in [0.15, 0.2) is 479 Å². The summed E-state index contributed by atoms with van der Waals surface area (Å²) in [6.45, 7) is 0. The van der Waals surface area contributed by atoms with Gasteiger partial charge in [-0.3, -0.25) is 0 Å². The van der Waals surface area contributed by atoms with E-state index in [1.807, 2.05) is 0 Å². The van der Waals surface area contributed by atoms with E-state index in [9.17, 15) is 0 Å². The summed E-state index contributed by atoms with van der Waals surface area (Å²) in [6.07, 6.45) is 0. The van der Waals surface area contributed by atoms with E-state index in [-0.39, 0.29) is 0 Å². The molecule has 21 aromatic carbocycles. The first-order valence-corrected chi connectivity index (χ1v) is 43.0. The zero-order chi connectivity index (χ0) is 82.4. The summed E-state index contributed by atoms with van der Waals surface area (Å²) >= 11 is 0. The molecule has 5 heteroatoms. The van der Waals surface area contributed by atoms with Crippen molar-refractivity contribution in [2.75, 3.05) is 0 Å². The Hall–Kier alpha value is -16.6. The summed E-state index contributed by atoms with van der Waals surface area (Å²) in [4.78, 5) is 0. The number of para-hydroxylation sites is 8. The first kappa shape index (κ1) is 72.4. The lowest BCUT2D eigenvalue weighted by molar-refractivity contribution is 1.18. The fourth-order valence-corrected chi connectivity index (χ4v) is 19.9. The van der Waals surface area contributed by atoms with Gasteiger partial charge in [-0.15, -0.1) is 0 Å². The van der Waals surface area contributed by atoms with Gasteiger partial charge in [0.1, 0.15) is 0 Å². The van der Waals surface area contributed by atoms with E-state index >= 15 is 0 Å². The number of benzene rings is 21. The maximum absolute atomic E-state index is 2.40. The molecule has 0 saturated carbocycles. The number of rotatable bonds is 10. The molecule has 0 aliphatic carbocycles. The van der Waals surface area contributed by atoms with Crippen LogP contribution in [0.2, 0.25) is 0 Å². The Morgan fingerprint density at radius 2 is 0.280 bits per heavy atom. The second-order valence-electron chi connectivity index (χ2n) is 32.6. The zero-order valence-electron chi connectivity index (χ0n) is 68.3. The summed E-state index contributed by atoms with van der Waals surface area (Å²) in [5.74, 6) is 0. The second kappa shape index (κ2) is 30.3. The maximum Gasteiger partial charge on any atom is 0.0547 e. The van der Waals surface area contributed by atoms with E-state index in [1.54, 1.807) is 0 Å². The SMILES string of the molecule is c1ccc(-c2cccc(-n3c4ccccc4c4cc(-c5ccc6c(c5)c5ccccc5n6-c5cccc(-c6ccccc6)c5)ccc43)c2)cc1.c1ccc(-n2c3ccccc3c3cc(-c4ccc5c6ccccc6c6ccccc6c5c4)ccc32)cc1.c1ccc(-n2c3ccccc3c3cc(-c4ccc5c6ccccc6n(-c6ccccc6)c5c4)ccc32)cc1. The van der Waals surface area contributed by atoms with Gasteiger partial charge in [0.25, 0.3) is 0 Å². The normalized spacial score (nSPS) is 11.7. The molecule has 26 rings (SSSR count). The zero-order valence-corrected chi connectivity index (χ0v) is 68.3. The molecule has 0 unspecified atom stereocenters. The largest absolute Gasteiger partial charge is 0.309 e. The van der Waals surface area contributed by atoms with Gasteiger partial charge in [-0.25, -0.2) is 0 Å². The number of hydrogen-bond donors (Lipinski definition) is 0. The molecule has 0 atom stereocenters. The smallest absolute Gasteiger partial charge is 0.0547 e. The molecule has 0 saturated heterocycles. The molecule has 0 spiro atoms. The third-order valence-electron chi connectivity index (χ3n) is 25.6. The lowest BCUT2D eigenvalue weighted by atomic mass is 9.92. The van der Waals surface area contributed by atoms with E-state index in [4.69, 9.17) is 0 Å². The van der Waals surface area contributed by atoms with E-state index in [1.165, 1.54) is 214 Å². The average molecular weight is 1590 g/mol. The van der Waals surface area contributed by atoms with E-state index in [0.29, 0.717) is 0 Å². The van der Waals surface area contributed by atoms with Crippen LogP contribution in [0.25, 0.3) is 225 Å². The van der Waals surface area contributed by atoms with Gasteiger partial charge in [-0.1, -0.05) is 328 Å². The molecule has 0 aliphatic rings. The number of hydrogen-bond acceptors (Lipinski definition) is 0. The standard InChI is InChI=1S/C48H32N2.C36H24N2.C36H23N/c1-3-13-33(14-4-1)35-17-11-19-39(29-35)49-45-23-9-7-21-41(45)43-31-37(25-27-47(43)49)38-26-28-48-44(32-38)42-22-8-10-24-46(42)50(48)40-20-12-18-36(30-40)34-15-5-2-6-16-34;1-3-11-27(12-4-1)37-34-18-10-8-16-30(34)32-23-25(20-22-35(32)37)26-19-21-31-29-15-7-9-17-33(29)38(36(31)24-26)28-13-5-2-6-14-28;1-2-10-26(11-3-1)37-35-17-9-8-16-32(35)34-23-25(19-21-36(34)37)24-18-20-31-29-14-5-4-12-27(29)28-13-6-7-15-30(28)33(31)22-24/h1-32H;1-24H;1-23H. The van der Waals surface area contributed by atoms with Crippen molar-refractivity contribution in [1.29, 1.82) is 0 Å². The number of aromatic nitrogens is 5. The molecule has 5 aromatic heterocycles. The highest BCUT2D eigenvalue weighted by Gasteiger charge is 2.22. The van der Waals surface area contributed by atoms with Crippen molar-refractivity contribution in [2.24, 2.45) is 0 Å². The van der Waals surface area contributed by atoms with Crippen molar-refractivity contribution in [3.8, 4) is 84.1 Å². The molecule has 5 heterocycles. The fraction of sp³-hybridized carbons (Fsp3) is 0. The third-order valence-corrected chi connectivity index (χ3v) is 25.6. The molecule has 0 radical (unpaired) electrons. The van der Waals surface area contributed by atoms with Crippen LogP contribution in [0.5, 0.6) is 0 Å². The maximum atomic E-state index is 2.40. The fourth-order valence-electron chi connectivity index (χ4n) is 19.9. The van der Waals surface area contributed by atoms with Crippen LogP contribution in [0.1, 0.15) is 0 Å². The number of nitrogens with zero attached hydrogens (tertiary/aromatic N) is 5. The van der Waals surface area contributed by atoms with E-state index < -0.39 is 0 Å². The molecule has 0 amide bonds. The van der Waals surface area contributed by atoms with Crippen LogP contribution in [-0.2, 0) is 0 Å². The monoisotopic (exact) mass is 1590 g/mol. The molecule has 26 aromatic rings. The van der Waals surface area contributed by atoms with Gasteiger partial charge in [-0.05, 0) is 240 Å². The third kappa shape index (κ3) is 12.4. The van der Waals surface area contributed by atoms with Crippen LogP contribution in [0.3, 0.4) is 0 Å². The second-order valence-corrected chi connectivity index (χ2v) is 32.6. The molecule has 0 fully saturated rings. The topological polar surface area (TPSA) is 24.6 Å². The van der Waals surface area contributed by atoms with Gasteiger partial charge in [0.15, 0.2) is 0 Å². The van der Waals surface area contributed by atoms with Crippen LogP contribution in [0.4, 0.5) is 0 Å². The summed E-state index contributed by atoms with van der Waals surface area (Å²) in [5.41, 5.74) is 30.3. The molecule has 0 aliphatic heterocycles. The van der Waals surface area contributed by atoms with Gasteiger partial charge in [0, 0.05) is 82.3 Å². The Bertz CT molecular complexity index is 8470. The average Bonchev–Trinajstić information content (AvgIpc) is 1.59. The van der Waals surface area contributed by atoms with Gasteiger partial charge in [0.2, 0.25) is 0 Å². The molecule has 125 heavy (non-hydrogen) atoms. The van der Waals surface area contributed by atoms with Crippen LogP contribution in [0, 0.1) is 0 Å². The highest BCUT2D eigenvalue weighted by Crippen LogP contribution is 2.45. The summed E-state index contributed by atoms with van der Waals surface area (Å²) < 4.78 is 11.9. The van der Waals surface area contributed by atoms with Crippen molar-refractivity contribution in [3.63, 3.8) is 0 Å². The summed E-state index contributed by atoms with van der Waals surface area (Å²) in [5, 5.41) is 20.5. The highest BCUT2D eigenvalue weighted by molar-refractivity contribution is 6.26. The lowest BCUT2D eigenvalue weighted by Gasteiger charge is -2.12.